The van der Waals surface area contributed by atoms with E-state index in [9.17, 15) is 0 Å². The normalized spacial score (nSPS) is 10.9. The minimum Gasteiger partial charge on any atom is -0.473 e. The molecule has 0 saturated carbocycles. The maximum Gasteiger partial charge on any atom is 0.414 e. The molecule has 0 bridgehead atoms. The van der Waals surface area contributed by atoms with Crippen LogP contribution in [0.1, 0.15) is 39.2 Å². The first kappa shape index (κ1) is 21.4. The highest BCUT2D eigenvalue weighted by Gasteiger charge is 2.10. The molecule has 0 fully saturated rings. The molecule has 1 heterocycles. The lowest BCUT2D eigenvalue weighted by molar-refractivity contribution is -0.159. The van der Waals surface area contributed by atoms with Crippen molar-refractivity contribution >= 4 is 33.7 Å². The first-order valence-corrected chi connectivity index (χ1v) is 9.62. The summed E-state index contributed by atoms with van der Waals surface area (Å²) in [5.41, 5.74) is 4.05. The number of para-hydroxylation sites is 1. The van der Waals surface area contributed by atoms with Gasteiger partial charge in [-0.1, -0.05) is 38.1 Å². The smallest absolute Gasteiger partial charge is 0.414 e. The van der Waals surface area contributed by atoms with Crippen molar-refractivity contribution < 1.29 is 19.8 Å². The van der Waals surface area contributed by atoms with Crippen molar-refractivity contribution in [3.05, 3.63) is 48.0 Å². The average Bonchev–Trinajstić information content (AvgIpc) is 3.02. The third kappa shape index (κ3) is 4.89. The van der Waals surface area contributed by atoms with Gasteiger partial charge < -0.3 is 20.1 Å². The van der Waals surface area contributed by atoms with Crippen LogP contribution in [0.15, 0.2) is 42.5 Å². The molecule has 0 saturated heterocycles. The largest absolute Gasteiger partial charge is 0.473 e. The van der Waals surface area contributed by atoms with Gasteiger partial charge in [-0.15, -0.1) is 0 Å². The van der Waals surface area contributed by atoms with E-state index in [0.29, 0.717) is 6.04 Å². The average molecular weight is 384 g/mol. The number of aromatic nitrogens is 1. The van der Waals surface area contributed by atoms with Gasteiger partial charge in [-0.2, -0.15) is 0 Å². The van der Waals surface area contributed by atoms with Crippen LogP contribution in [0.3, 0.4) is 0 Å². The molecule has 2 aromatic carbocycles. The Kier molecular flexibility index (Phi) is 7.58. The Bertz CT molecular complexity index is 946. The van der Waals surface area contributed by atoms with Crippen molar-refractivity contribution in [3.8, 4) is 0 Å². The molecule has 0 amide bonds. The number of aliphatic carboxylic acids is 2. The molecule has 6 heteroatoms. The van der Waals surface area contributed by atoms with Gasteiger partial charge in [0.2, 0.25) is 0 Å². The van der Waals surface area contributed by atoms with Crippen LogP contribution in [0.2, 0.25) is 0 Å². The lowest BCUT2D eigenvalue weighted by Gasteiger charge is -2.14. The summed E-state index contributed by atoms with van der Waals surface area (Å²) in [6.07, 6.45) is 2.38. The summed E-state index contributed by atoms with van der Waals surface area (Å²) in [5, 5.41) is 21.2. The van der Waals surface area contributed by atoms with Crippen molar-refractivity contribution in [2.75, 3.05) is 0 Å². The molecule has 3 rings (SSSR count). The molecule has 0 aliphatic heterocycles. The Balaban J connectivity index is 0.000000409. The summed E-state index contributed by atoms with van der Waals surface area (Å²) >= 11 is 0. The van der Waals surface area contributed by atoms with Gasteiger partial charge in [-0.25, -0.2) is 9.59 Å². The third-order valence-electron chi connectivity index (χ3n) is 4.92. The number of nitrogens with one attached hydrogen (secondary N) is 1. The monoisotopic (exact) mass is 384 g/mol. The van der Waals surface area contributed by atoms with Gasteiger partial charge in [0.1, 0.15) is 0 Å². The van der Waals surface area contributed by atoms with Crippen LogP contribution in [0.25, 0.3) is 21.8 Å². The maximum atomic E-state index is 9.10. The minimum atomic E-state index is -1.82. The van der Waals surface area contributed by atoms with E-state index in [0.717, 1.165) is 13.1 Å². The molecule has 3 aromatic rings. The van der Waals surface area contributed by atoms with E-state index in [1.54, 1.807) is 0 Å². The standard InChI is InChI=1S/C20H26N2.C2H2O4/c1-4-16(5-2)21-14-15-11-12-20-18(13-15)17-9-7-8-10-19(17)22(20)6-3;3-1(4)2(5)6/h7-13,16,21H,4-6,14H2,1-3H3;(H,3,4)(H,5,6). The first-order chi connectivity index (χ1) is 13.4. The number of rotatable bonds is 6. The van der Waals surface area contributed by atoms with Crippen LogP contribution >= 0.6 is 0 Å². The lowest BCUT2D eigenvalue weighted by Crippen LogP contribution is -2.26. The summed E-state index contributed by atoms with van der Waals surface area (Å²) in [7, 11) is 0. The van der Waals surface area contributed by atoms with Crippen LogP contribution in [0, 0.1) is 0 Å². The van der Waals surface area contributed by atoms with Gasteiger partial charge in [0.05, 0.1) is 0 Å². The first-order valence-electron chi connectivity index (χ1n) is 9.62. The Morgan fingerprint density at radius 1 is 0.929 bits per heavy atom. The van der Waals surface area contributed by atoms with Crippen molar-refractivity contribution in [3.63, 3.8) is 0 Å². The molecule has 0 aliphatic rings. The van der Waals surface area contributed by atoms with Crippen LogP contribution < -0.4 is 5.32 Å². The van der Waals surface area contributed by atoms with Gasteiger partial charge in [-0.05, 0) is 43.5 Å². The molecule has 6 nitrogen and oxygen atoms in total. The van der Waals surface area contributed by atoms with Gasteiger partial charge in [0, 0.05) is 40.9 Å². The second-order valence-corrected chi connectivity index (χ2v) is 6.62. The van der Waals surface area contributed by atoms with Crippen molar-refractivity contribution in [2.24, 2.45) is 0 Å². The third-order valence-corrected chi connectivity index (χ3v) is 4.92. The van der Waals surface area contributed by atoms with Crippen LogP contribution in [-0.2, 0) is 22.7 Å². The minimum absolute atomic E-state index is 0.618. The van der Waals surface area contributed by atoms with Crippen LogP contribution in [-0.4, -0.2) is 32.8 Å². The number of carbonyl (C=O) groups is 2. The number of benzene rings is 2. The lowest BCUT2D eigenvalue weighted by atomic mass is 10.1. The summed E-state index contributed by atoms with van der Waals surface area (Å²) in [6, 6.07) is 16.3. The fourth-order valence-electron chi connectivity index (χ4n) is 3.39. The number of fused-ring (bicyclic) bond motifs is 3. The van der Waals surface area contributed by atoms with Gasteiger partial charge >= 0.3 is 11.9 Å². The van der Waals surface area contributed by atoms with E-state index < -0.39 is 11.9 Å². The number of hydrogen-bond donors (Lipinski definition) is 3. The van der Waals surface area contributed by atoms with Crippen LogP contribution in [0.5, 0.6) is 0 Å². The summed E-state index contributed by atoms with van der Waals surface area (Å²) in [6.45, 7) is 8.68. The zero-order chi connectivity index (χ0) is 20.7. The van der Waals surface area contributed by atoms with Crippen LogP contribution in [0.4, 0.5) is 0 Å². The molecular formula is C22H28N2O4. The molecular weight excluding hydrogens is 356 g/mol. The molecule has 1 aromatic heterocycles. The van der Waals surface area contributed by atoms with E-state index in [1.165, 1.54) is 40.2 Å². The second kappa shape index (κ2) is 9.90. The van der Waals surface area contributed by atoms with Gasteiger partial charge in [-0.3, -0.25) is 0 Å². The van der Waals surface area contributed by atoms with E-state index >= 15 is 0 Å². The molecule has 0 radical (unpaired) electrons. The Labute approximate surface area is 164 Å². The quantitative estimate of drug-likeness (QED) is 0.553. The van der Waals surface area contributed by atoms with E-state index in [1.807, 2.05) is 0 Å². The second-order valence-electron chi connectivity index (χ2n) is 6.62. The topological polar surface area (TPSA) is 91.6 Å². The summed E-state index contributed by atoms with van der Waals surface area (Å²) in [5.74, 6) is -3.65. The maximum absolute atomic E-state index is 9.10. The number of hydrogen-bond acceptors (Lipinski definition) is 3. The Morgan fingerprint density at radius 2 is 1.54 bits per heavy atom. The predicted octanol–water partition coefficient (Wildman–Crippen LogP) is 4.25. The highest BCUT2D eigenvalue weighted by atomic mass is 16.4. The van der Waals surface area contributed by atoms with Gasteiger partial charge in [0.15, 0.2) is 0 Å². The SMILES string of the molecule is CCC(CC)NCc1ccc2c(c1)c1ccccc1n2CC.O=C(O)C(=O)O. The number of nitrogens with zero attached hydrogens (tertiary/aromatic N) is 1. The highest BCUT2D eigenvalue weighted by Crippen LogP contribution is 2.29. The van der Waals surface area contributed by atoms with Crippen molar-refractivity contribution in [1.82, 2.24) is 9.88 Å². The molecule has 150 valence electrons. The summed E-state index contributed by atoms with van der Waals surface area (Å²) in [4.78, 5) is 18.2. The van der Waals surface area contributed by atoms with E-state index in [2.05, 4.69) is 73.1 Å². The van der Waals surface area contributed by atoms with Gasteiger partial charge in [0.25, 0.3) is 0 Å². The molecule has 0 atom stereocenters. The Morgan fingerprint density at radius 3 is 2.11 bits per heavy atom. The predicted molar refractivity (Wildman–Crippen MR) is 112 cm³/mol. The van der Waals surface area contributed by atoms with E-state index in [4.69, 9.17) is 19.8 Å². The fraction of sp³-hybridized carbons (Fsp3) is 0.364. The molecule has 0 spiro atoms. The zero-order valence-electron chi connectivity index (χ0n) is 16.6. The number of carboxylic acids is 2. The summed E-state index contributed by atoms with van der Waals surface area (Å²) < 4.78 is 2.41. The Hall–Kier alpha value is -2.86. The molecule has 0 unspecified atom stereocenters. The molecule has 3 N–H and O–H groups in total. The number of carboxylic acid groups (broad SMARTS) is 2. The molecule has 28 heavy (non-hydrogen) atoms. The number of aryl methyl sites for hydroxylation is 1. The van der Waals surface area contributed by atoms with Crippen molar-refractivity contribution in [1.29, 1.82) is 0 Å². The fourth-order valence-corrected chi connectivity index (χ4v) is 3.39. The van der Waals surface area contributed by atoms with E-state index in [-0.39, 0.29) is 0 Å². The molecule has 0 aliphatic carbocycles. The highest BCUT2D eigenvalue weighted by molar-refractivity contribution is 6.27. The van der Waals surface area contributed by atoms with Crippen molar-refractivity contribution in [2.45, 2.75) is 52.7 Å². The zero-order valence-corrected chi connectivity index (χ0v) is 16.6.